The number of nitrogens with zero attached hydrogens (tertiary/aromatic N) is 5. The van der Waals surface area contributed by atoms with Crippen molar-refractivity contribution in [3.8, 4) is 5.82 Å². The van der Waals surface area contributed by atoms with Gasteiger partial charge in [0, 0.05) is 36.2 Å². The number of carbonyl (C=O) groups is 1. The van der Waals surface area contributed by atoms with Gasteiger partial charge in [0.2, 0.25) is 10.0 Å². The molecule has 1 fully saturated rings. The van der Waals surface area contributed by atoms with Crippen LogP contribution in [0.15, 0.2) is 58.7 Å². The number of anilines is 1. The first kappa shape index (κ1) is 24.4. The average Bonchev–Trinajstić information content (AvgIpc) is 3.49. The van der Waals surface area contributed by atoms with Crippen LogP contribution < -0.4 is 11.1 Å². The van der Waals surface area contributed by atoms with Crippen molar-refractivity contribution in [2.75, 3.05) is 25.0 Å². The summed E-state index contributed by atoms with van der Waals surface area (Å²) in [5.41, 5.74) is 8.66. The Labute approximate surface area is 203 Å². The second-order valence-electron chi connectivity index (χ2n) is 8.18. The van der Waals surface area contributed by atoms with Crippen LogP contribution in [0.3, 0.4) is 0 Å². The van der Waals surface area contributed by atoms with Crippen LogP contribution in [0.4, 0.5) is 5.69 Å². The third kappa shape index (κ3) is 5.66. The molecule has 0 radical (unpaired) electrons. The van der Waals surface area contributed by atoms with Gasteiger partial charge >= 0.3 is 0 Å². The van der Waals surface area contributed by atoms with Gasteiger partial charge in [-0.2, -0.15) is 9.40 Å². The van der Waals surface area contributed by atoms with Gasteiger partial charge in [-0.05, 0) is 63.1 Å². The molecule has 0 bridgehead atoms. The fraction of sp³-hybridized carbons (Fsp3) is 0.304. The summed E-state index contributed by atoms with van der Waals surface area (Å²) in [4.78, 5) is 21.8. The summed E-state index contributed by atoms with van der Waals surface area (Å²) in [5.74, 6) is 0.195. The van der Waals surface area contributed by atoms with Crippen molar-refractivity contribution in [1.29, 1.82) is 0 Å². The number of benzene rings is 1. The Bertz CT molecular complexity index is 1340. The van der Waals surface area contributed by atoms with Crippen molar-refractivity contribution in [3.63, 3.8) is 0 Å². The van der Waals surface area contributed by atoms with Crippen molar-refractivity contribution in [2.24, 2.45) is 10.9 Å². The van der Waals surface area contributed by atoms with Crippen molar-refractivity contribution >= 4 is 27.5 Å². The number of amidine groups is 1. The highest BCUT2D eigenvalue weighted by atomic mass is 32.2. The number of sulfonamides is 1. The van der Waals surface area contributed by atoms with Crippen LogP contribution in [-0.4, -0.2) is 58.9 Å². The van der Waals surface area contributed by atoms with Crippen LogP contribution in [0.2, 0.25) is 0 Å². The Balaban J connectivity index is 1.33. The molecule has 3 aromatic rings. The zero-order valence-corrected chi connectivity index (χ0v) is 20.3. The second kappa shape index (κ2) is 10.2. The Morgan fingerprint density at radius 2 is 1.94 bits per heavy atom. The average molecular weight is 498 g/mol. The molecule has 35 heavy (non-hydrogen) atoms. The molecule has 0 unspecified atom stereocenters. The summed E-state index contributed by atoms with van der Waals surface area (Å²) in [7, 11) is -3.58. The molecule has 0 atom stereocenters. The van der Waals surface area contributed by atoms with Gasteiger partial charge in [-0.15, -0.1) is 0 Å². The molecule has 1 aromatic carbocycles. The lowest BCUT2D eigenvalue weighted by atomic mass is 10.2. The second-order valence-corrected chi connectivity index (χ2v) is 10.1. The minimum Gasteiger partial charge on any atom is -0.384 e. The van der Waals surface area contributed by atoms with E-state index in [1.807, 2.05) is 19.9 Å². The van der Waals surface area contributed by atoms with Gasteiger partial charge in [-0.1, -0.05) is 11.2 Å². The number of hydrogen-bond donors (Lipinski definition) is 2. The molecule has 3 N–H and O–H groups in total. The monoisotopic (exact) mass is 497 g/mol. The topological polar surface area (TPSA) is 145 Å². The van der Waals surface area contributed by atoms with Gasteiger partial charge in [0.25, 0.3) is 5.91 Å². The fourth-order valence-corrected chi connectivity index (χ4v) is 5.31. The quantitative estimate of drug-likeness (QED) is 0.275. The van der Waals surface area contributed by atoms with Gasteiger partial charge in [-0.25, -0.2) is 18.1 Å². The zero-order valence-electron chi connectivity index (χ0n) is 19.5. The van der Waals surface area contributed by atoms with Gasteiger partial charge in [0.15, 0.2) is 18.3 Å². The summed E-state index contributed by atoms with van der Waals surface area (Å²) in [6, 6.07) is 11.6. The van der Waals surface area contributed by atoms with Crippen LogP contribution in [0, 0.1) is 13.8 Å². The van der Waals surface area contributed by atoms with E-state index in [0.29, 0.717) is 30.2 Å². The molecular weight excluding hydrogens is 470 g/mol. The third-order valence-corrected chi connectivity index (χ3v) is 7.34. The number of amides is 1. The maximum atomic E-state index is 12.7. The Morgan fingerprint density at radius 1 is 1.17 bits per heavy atom. The lowest BCUT2D eigenvalue weighted by Gasteiger charge is -2.16. The lowest BCUT2D eigenvalue weighted by molar-refractivity contribution is -0.120. The van der Waals surface area contributed by atoms with Crippen LogP contribution >= 0.6 is 0 Å². The molecule has 2 aromatic heterocycles. The van der Waals surface area contributed by atoms with Crippen LogP contribution in [-0.2, 0) is 19.7 Å². The van der Waals surface area contributed by atoms with E-state index in [9.17, 15) is 13.2 Å². The first-order chi connectivity index (χ1) is 16.7. The number of aromatic nitrogens is 3. The number of oxime groups is 1. The molecular formula is C23H27N7O4S. The molecule has 0 saturated carbocycles. The summed E-state index contributed by atoms with van der Waals surface area (Å²) < 4.78 is 28.6. The van der Waals surface area contributed by atoms with Crippen molar-refractivity contribution in [3.05, 3.63) is 65.6 Å². The molecule has 11 nitrogen and oxygen atoms in total. The molecule has 184 valence electrons. The van der Waals surface area contributed by atoms with Crippen molar-refractivity contribution in [2.45, 2.75) is 31.6 Å². The molecule has 1 amide bonds. The molecule has 1 aliphatic heterocycles. The molecule has 4 rings (SSSR count). The summed E-state index contributed by atoms with van der Waals surface area (Å²) in [6.45, 7) is 4.46. The van der Waals surface area contributed by atoms with Gasteiger partial charge in [0.1, 0.15) is 0 Å². The smallest absolute Gasteiger partial charge is 0.265 e. The standard InChI is InChI=1S/C23H27N7O4S/c1-16-12-17(2)30(27-16)21-9-8-18(14-25-21)23(24)28-34-15-22(31)26-19-6-5-7-20(13-19)35(32,33)29-10-3-4-11-29/h5-9,12-14H,3-4,10-11,15H2,1-2H3,(H2,24,28)(H,26,31). The van der Waals surface area contributed by atoms with E-state index in [1.54, 1.807) is 35.1 Å². The van der Waals surface area contributed by atoms with E-state index < -0.39 is 22.5 Å². The number of carbonyl (C=O) groups excluding carboxylic acids is 1. The first-order valence-electron chi connectivity index (χ1n) is 11.1. The Kier molecular flexibility index (Phi) is 7.12. The first-order valence-corrected chi connectivity index (χ1v) is 12.5. The fourth-order valence-electron chi connectivity index (χ4n) is 3.75. The van der Waals surface area contributed by atoms with E-state index in [2.05, 4.69) is 20.6 Å². The zero-order chi connectivity index (χ0) is 25.0. The number of rotatable bonds is 8. The molecule has 0 aliphatic carbocycles. The number of aryl methyl sites for hydroxylation is 2. The highest BCUT2D eigenvalue weighted by molar-refractivity contribution is 7.89. The minimum atomic E-state index is -3.58. The molecule has 1 saturated heterocycles. The maximum Gasteiger partial charge on any atom is 0.265 e. The van der Waals surface area contributed by atoms with Crippen molar-refractivity contribution < 1.29 is 18.0 Å². The summed E-state index contributed by atoms with van der Waals surface area (Å²) >= 11 is 0. The predicted molar refractivity (Wildman–Crippen MR) is 131 cm³/mol. The van der Waals surface area contributed by atoms with E-state index in [4.69, 9.17) is 10.6 Å². The largest absolute Gasteiger partial charge is 0.384 e. The third-order valence-electron chi connectivity index (χ3n) is 5.45. The summed E-state index contributed by atoms with van der Waals surface area (Å²) in [5, 5.41) is 10.8. The van der Waals surface area contributed by atoms with Gasteiger partial charge < -0.3 is 15.9 Å². The summed E-state index contributed by atoms with van der Waals surface area (Å²) in [6.07, 6.45) is 3.24. The van der Waals surface area contributed by atoms with E-state index in [0.717, 1.165) is 24.2 Å². The number of hydrogen-bond acceptors (Lipinski definition) is 7. The van der Waals surface area contributed by atoms with Gasteiger partial charge in [-0.3, -0.25) is 4.79 Å². The number of nitrogens with one attached hydrogen (secondary N) is 1. The SMILES string of the molecule is Cc1cc(C)n(-c2ccc(/C(N)=N/OCC(=O)Nc3cccc(S(=O)(=O)N4CCCC4)c3)cn2)n1. The van der Waals surface area contributed by atoms with Crippen LogP contribution in [0.5, 0.6) is 0 Å². The van der Waals surface area contributed by atoms with Crippen LogP contribution in [0.1, 0.15) is 29.8 Å². The minimum absolute atomic E-state index is 0.0592. The highest BCUT2D eigenvalue weighted by Crippen LogP contribution is 2.23. The highest BCUT2D eigenvalue weighted by Gasteiger charge is 2.27. The predicted octanol–water partition coefficient (Wildman–Crippen LogP) is 1.94. The molecule has 1 aliphatic rings. The maximum absolute atomic E-state index is 12.7. The molecule has 0 spiro atoms. The number of nitrogens with two attached hydrogens (primary N) is 1. The van der Waals surface area contributed by atoms with E-state index >= 15 is 0 Å². The van der Waals surface area contributed by atoms with Crippen molar-refractivity contribution in [1.82, 2.24) is 19.1 Å². The molecule has 3 heterocycles. The lowest BCUT2D eigenvalue weighted by Crippen LogP contribution is -2.28. The normalized spacial score (nSPS) is 14.7. The number of pyridine rings is 1. The Hall–Kier alpha value is -3.77. The van der Waals surface area contributed by atoms with E-state index in [-0.39, 0.29) is 10.7 Å². The van der Waals surface area contributed by atoms with Gasteiger partial charge in [0.05, 0.1) is 10.6 Å². The Morgan fingerprint density at radius 3 is 2.60 bits per heavy atom. The van der Waals surface area contributed by atoms with E-state index in [1.165, 1.54) is 16.4 Å². The van der Waals surface area contributed by atoms with Crippen LogP contribution in [0.25, 0.3) is 5.82 Å². The molecule has 12 heteroatoms.